The van der Waals surface area contributed by atoms with Gasteiger partial charge >= 0.3 is 0 Å². The molecule has 0 spiro atoms. The minimum atomic E-state index is -0.0413. The maximum absolute atomic E-state index is 12.1. The van der Waals surface area contributed by atoms with E-state index in [1.54, 1.807) is 18.6 Å². The molecule has 0 unspecified atom stereocenters. The van der Waals surface area contributed by atoms with Crippen molar-refractivity contribution in [3.8, 4) is 0 Å². The first-order valence-corrected chi connectivity index (χ1v) is 6.80. The molecule has 2 aromatic heterocycles. The van der Waals surface area contributed by atoms with Gasteiger partial charge in [0.15, 0.2) is 0 Å². The Balaban J connectivity index is 2.04. The Labute approximate surface area is 119 Å². The standard InChI is InChI=1S/C16H19N3O/c1-3-14(16-12(2)6-4-9-18-16)19-15(20)10-13-7-5-8-17-11-13/h4-9,11,14H,3,10H2,1-2H3,(H,19,20)/t14-/m1/s1. The summed E-state index contributed by atoms with van der Waals surface area (Å²) in [6, 6.07) is 7.62. The van der Waals surface area contributed by atoms with Crippen molar-refractivity contribution in [1.82, 2.24) is 15.3 Å². The lowest BCUT2D eigenvalue weighted by Crippen LogP contribution is -2.30. The van der Waals surface area contributed by atoms with Crippen LogP contribution in [0.3, 0.4) is 0 Å². The van der Waals surface area contributed by atoms with Gasteiger partial charge in [0.2, 0.25) is 5.91 Å². The van der Waals surface area contributed by atoms with Crippen molar-refractivity contribution in [2.75, 3.05) is 0 Å². The normalized spacial score (nSPS) is 11.9. The van der Waals surface area contributed by atoms with E-state index in [-0.39, 0.29) is 11.9 Å². The number of carbonyl (C=O) groups excluding carboxylic acids is 1. The average molecular weight is 269 g/mol. The van der Waals surface area contributed by atoms with Crippen molar-refractivity contribution >= 4 is 5.91 Å². The van der Waals surface area contributed by atoms with Crippen LogP contribution in [0.4, 0.5) is 0 Å². The van der Waals surface area contributed by atoms with Gasteiger partial charge in [-0.3, -0.25) is 14.8 Å². The lowest BCUT2D eigenvalue weighted by atomic mass is 10.1. The molecule has 0 aliphatic carbocycles. The number of nitrogens with one attached hydrogen (secondary N) is 1. The van der Waals surface area contributed by atoms with Gasteiger partial charge in [-0.15, -0.1) is 0 Å². The minimum absolute atomic E-state index is 0.00472. The van der Waals surface area contributed by atoms with Crippen molar-refractivity contribution in [1.29, 1.82) is 0 Å². The molecule has 2 aromatic rings. The van der Waals surface area contributed by atoms with Crippen LogP contribution < -0.4 is 5.32 Å². The smallest absolute Gasteiger partial charge is 0.225 e. The van der Waals surface area contributed by atoms with E-state index in [1.807, 2.05) is 38.1 Å². The van der Waals surface area contributed by atoms with Crippen molar-refractivity contribution < 1.29 is 4.79 Å². The molecule has 0 aliphatic rings. The van der Waals surface area contributed by atoms with Crippen molar-refractivity contribution in [2.45, 2.75) is 32.7 Å². The van der Waals surface area contributed by atoms with Crippen molar-refractivity contribution in [3.05, 3.63) is 59.7 Å². The Hall–Kier alpha value is -2.23. The van der Waals surface area contributed by atoms with Crippen LogP contribution in [-0.2, 0) is 11.2 Å². The van der Waals surface area contributed by atoms with Gasteiger partial charge in [0, 0.05) is 18.6 Å². The summed E-state index contributed by atoms with van der Waals surface area (Å²) >= 11 is 0. The van der Waals surface area contributed by atoms with Gasteiger partial charge < -0.3 is 5.32 Å². The fourth-order valence-electron chi connectivity index (χ4n) is 2.16. The lowest BCUT2D eigenvalue weighted by molar-refractivity contribution is -0.121. The second kappa shape index (κ2) is 6.80. The quantitative estimate of drug-likeness (QED) is 0.907. The maximum Gasteiger partial charge on any atom is 0.225 e. The molecule has 2 heterocycles. The summed E-state index contributed by atoms with van der Waals surface area (Å²) in [6.45, 7) is 4.06. The van der Waals surface area contributed by atoms with Crippen LogP contribution in [0.15, 0.2) is 42.9 Å². The van der Waals surface area contributed by atoms with E-state index < -0.39 is 0 Å². The molecule has 0 radical (unpaired) electrons. The van der Waals surface area contributed by atoms with Crippen LogP contribution in [0.2, 0.25) is 0 Å². The third-order valence-corrected chi connectivity index (χ3v) is 3.21. The van der Waals surface area contributed by atoms with Gasteiger partial charge in [-0.05, 0) is 36.6 Å². The topological polar surface area (TPSA) is 54.9 Å². The molecule has 0 saturated heterocycles. The molecule has 0 fully saturated rings. The molecule has 0 aliphatic heterocycles. The zero-order valence-electron chi connectivity index (χ0n) is 11.8. The van der Waals surface area contributed by atoms with E-state index in [4.69, 9.17) is 0 Å². The lowest BCUT2D eigenvalue weighted by Gasteiger charge is -2.18. The number of carbonyl (C=O) groups is 1. The summed E-state index contributed by atoms with van der Waals surface area (Å²) in [5.41, 5.74) is 2.95. The third-order valence-electron chi connectivity index (χ3n) is 3.21. The molecule has 4 heteroatoms. The Morgan fingerprint density at radius 2 is 2.10 bits per heavy atom. The van der Waals surface area contributed by atoms with Gasteiger partial charge in [-0.2, -0.15) is 0 Å². The number of hydrogen-bond acceptors (Lipinski definition) is 3. The summed E-state index contributed by atoms with van der Waals surface area (Å²) < 4.78 is 0. The number of rotatable bonds is 5. The second-order valence-corrected chi connectivity index (χ2v) is 4.77. The molecule has 1 atom stereocenters. The van der Waals surface area contributed by atoms with Gasteiger partial charge in [0.1, 0.15) is 0 Å². The Bertz CT molecular complexity index is 569. The van der Waals surface area contributed by atoms with Crippen LogP contribution >= 0.6 is 0 Å². The van der Waals surface area contributed by atoms with E-state index in [2.05, 4.69) is 15.3 Å². The van der Waals surface area contributed by atoms with Gasteiger partial charge in [-0.1, -0.05) is 19.1 Å². The molecule has 0 saturated carbocycles. The number of aryl methyl sites for hydroxylation is 1. The summed E-state index contributed by atoms with van der Waals surface area (Å²) in [4.78, 5) is 20.5. The Morgan fingerprint density at radius 1 is 1.30 bits per heavy atom. The van der Waals surface area contributed by atoms with Crippen LogP contribution in [0.5, 0.6) is 0 Å². The Morgan fingerprint density at radius 3 is 2.75 bits per heavy atom. The van der Waals surface area contributed by atoms with Crippen LogP contribution in [0.25, 0.3) is 0 Å². The number of pyridine rings is 2. The number of nitrogens with zero attached hydrogens (tertiary/aromatic N) is 2. The number of amides is 1. The molecular formula is C16H19N3O. The maximum atomic E-state index is 12.1. The molecule has 0 aromatic carbocycles. The molecule has 4 nitrogen and oxygen atoms in total. The first-order chi connectivity index (χ1) is 9.70. The van der Waals surface area contributed by atoms with E-state index in [9.17, 15) is 4.79 Å². The van der Waals surface area contributed by atoms with Crippen LogP contribution in [0.1, 0.15) is 36.2 Å². The molecule has 0 bridgehead atoms. The molecule has 104 valence electrons. The highest BCUT2D eigenvalue weighted by molar-refractivity contribution is 5.78. The SMILES string of the molecule is CC[C@@H](NC(=O)Cc1cccnc1)c1ncccc1C. The molecule has 1 N–H and O–H groups in total. The summed E-state index contributed by atoms with van der Waals surface area (Å²) in [7, 11) is 0. The molecule has 1 amide bonds. The van der Waals surface area contributed by atoms with E-state index >= 15 is 0 Å². The number of aromatic nitrogens is 2. The van der Waals surface area contributed by atoms with Gasteiger partial charge in [0.05, 0.1) is 18.2 Å². The van der Waals surface area contributed by atoms with Gasteiger partial charge in [0.25, 0.3) is 0 Å². The minimum Gasteiger partial charge on any atom is -0.347 e. The Kier molecular flexibility index (Phi) is 4.82. The monoisotopic (exact) mass is 269 g/mol. The largest absolute Gasteiger partial charge is 0.347 e. The highest BCUT2D eigenvalue weighted by atomic mass is 16.1. The summed E-state index contributed by atoms with van der Waals surface area (Å²) in [5, 5.41) is 3.04. The third kappa shape index (κ3) is 3.63. The number of hydrogen-bond donors (Lipinski definition) is 1. The zero-order chi connectivity index (χ0) is 14.4. The molecule has 2 rings (SSSR count). The summed E-state index contributed by atoms with van der Waals surface area (Å²) in [5.74, 6) is -0.00472. The second-order valence-electron chi connectivity index (χ2n) is 4.77. The van der Waals surface area contributed by atoms with Crippen molar-refractivity contribution in [2.24, 2.45) is 0 Å². The van der Waals surface area contributed by atoms with Crippen molar-refractivity contribution in [3.63, 3.8) is 0 Å². The van der Waals surface area contributed by atoms with Crippen LogP contribution in [0, 0.1) is 6.92 Å². The highest BCUT2D eigenvalue weighted by Gasteiger charge is 2.15. The van der Waals surface area contributed by atoms with E-state index in [1.165, 1.54) is 0 Å². The fourth-order valence-corrected chi connectivity index (χ4v) is 2.16. The summed E-state index contributed by atoms with van der Waals surface area (Å²) in [6.07, 6.45) is 6.34. The fraction of sp³-hybridized carbons (Fsp3) is 0.312. The van der Waals surface area contributed by atoms with E-state index in [0.717, 1.165) is 23.2 Å². The average Bonchev–Trinajstić information content (AvgIpc) is 2.46. The molecule has 20 heavy (non-hydrogen) atoms. The first kappa shape index (κ1) is 14.2. The molecular weight excluding hydrogens is 250 g/mol. The zero-order valence-corrected chi connectivity index (χ0v) is 11.8. The first-order valence-electron chi connectivity index (χ1n) is 6.80. The predicted molar refractivity (Wildman–Crippen MR) is 78.1 cm³/mol. The predicted octanol–water partition coefficient (Wildman–Crippen LogP) is 2.60. The van der Waals surface area contributed by atoms with E-state index in [0.29, 0.717) is 6.42 Å². The highest BCUT2D eigenvalue weighted by Crippen LogP contribution is 2.17. The van der Waals surface area contributed by atoms with Gasteiger partial charge in [-0.25, -0.2) is 0 Å². The van der Waals surface area contributed by atoms with Crippen LogP contribution in [-0.4, -0.2) is 15.9 Å².